The van der Waals surface area contributed by atoms with Gasteiger partial charge in [-0.15, -0.1) is 0 Å². The molecule has 178 valence electrons. The van der Waals surface area contributed by atoms with Crippen LogP contribution in [-0.2, 0) is 16.6 Å². The van der Waals surface area contributed by atoms with Crippen molar-refractivity contribution in [1.29, 1.82) is 0 Å². The number of hydrogen-bond donors (Lipinski definition) is 2. The molecule has 3 heterocycles. The van der Waals surface area contributed by atoms with E-state index in [0.717, 1.165) is 6.26 Å². The zero-order valence-electron chi connectivity index (χ0n) is 18.1. The third-order valence-electron chi connectivity index (χ3n) is 5.59. The van der Waals surface area contributed by atoms with Gasteiger partial charge in [-0.05, 0) is 30.3 Å². The molecule has 0 unspecified atom stereocenters. The van der Waals surface area contributed by atoms with Crippen LogP contribution in [0.5, 0.6) is 0 Å². The molecule has 0 fully saturated rings. The number of H-pyrrole nitrogens is 1. The van der Waals surface area contributed by atoms with Crippen molar-refractivity contribution in [2.75, 3.05) is 6.26 Å². The van der Waals surface area contributed by atoms with Gasteiger partial charge in [0.1, 0.15) is 23.4 Å². The molecule has 0 spiro atoms. The molecule has 8 nitrogen and oxygen atoms in total. The summed E-state index contributed by atoms with van der Waals surface area (Å²) in [6, 6.07) is 12.4. The Balaban J connectivity index is 1.96. The fourth-order valence-electron chi connectivity index (χ4n) is 4.19. The van der Waals surface area contributed by atoms with E-state index in [4.69, 9.17) is 16.0 Å². The Kier molecular flexibility index (Phi) is 5.49. The van der Waals surface area contributed by atoms with Crippen molar-refractivity contribution in [2.24, 2.45) is 0 Å². The molecule has 5 rings (SSSR count). The summed E-state index contributed by atoms with van der Waals surface area (Å²) in [5.41, 5.74) is 0.546. The summed E-state index contributed by atoms with van der Waals surface area (Å²) in [5, 5.41) is 1.21. The molecule has 2 aromatic carbocycles. The highest BCUT2D eigenvalue weighted by atomic mass is 35.5. The van der Waals surface area contributed by atoms with Gasteiger partial charge in [-0.25, -0.2) is 17.5 Å². The van der Waals surface area contributed by atoms with E-state index in [2.05, 4.69) is 4.98 Å². The number of halogens is 2. The predicted molar refractivity (Wildman–Crippen MR) is 131 cm³/mol. The van der Waals surface area contributed by atoms with E-state index in [1.807, 2.05) is 4.72 Å². The number of aromatic amines is 1. The lowest BCUT2D eigenvalue weighted by atomic mass is 10.0. The minimum Gasteiger partial charge on any atom is -0.462 e. The highest BCUT2D eigenvalue weighted by molar-refractivity contribution is 7.89. The largest absolute Gasteiger partial charge is 0.462 e. The monoisotopic (exact) mass is 513 g/mol. The summed E-state index contributed by atoms with van der Waals surface area (Å²) in [4.78, 5) is 28.8. The molecular formula is C24H17ClFN3O5S. The number of nitrogens with zero attached hydrogens (tertiary/aromatic N) is 1. The third-order valence-corrected chi connectivity index (χ3v) is 6.44. The maximum absolute atomic E-state index is 14.6. The van der Waals surface area contributed by atoms with Gasteiger partial charge in [0.25, 0.3) is 11.5 Å². The molecule has 35 heavy (non-hydrogen) atoms. The molecule has 0 saturated heterocycles. The highest BCUT2D eigenvalue weighted by Gasteiger charge is 2.29. The van der Waals surface area contributed by atoms with E-state index in [1.54, 1.807) is 30.3 Å². The summed E-state index contributed by atoms with van der Waals surface area (Å²) in [6.45, 7) is -0.125. The number of benzene rings is 2. The average Bonchev–Trinajstić information content (AvgIpc) is 3.33. The minimum atomic E-state index is -3.97. The van der Waals surface area contributed by atoms with E-state index in [1.165, 1.54) is 35.2 Å². The van der Waals surface area contributed by atoms with Crippen LogP contribution in [0, 0.1) is 5.82 Å². The first-order valence-electron chi connectivity index (χ1n) is 10.3. The molecule has 0 aliphatic carbocycles. The van der Waals surface area contributed by atoms with Crippen molar-refractivity contribution < 1.29 is 22.0 Å². The normalized spacial score (nSPS) is 11.9. The zero-order valence-corrected chi connectivity index (χ0v) is 19.7. The van der Waals surface area contributed by atoms with Gasteiger partial charge >= 0.3 is 0 Å². The van der Waals surface area contributed by atoms with Crippen molar-refractivity contribution in [3.05, 3.63) is 93.4 Å². The number of carbonyl (C=O) groups excluding carboxylic acids is 1. The van der Waals surface area contributed by atoms with E-state index in [-0.39, 0.29) is 28.9 Å². The van der Waals surface area contributed by atoms with Crippen LogP contribution in [0.4, 0.5) is 4.39 Å². The van der Waals surface area contributed by atoms with Gasteiger partial charge in [-0.2, -0.15) is 0 Å². The van der Waals surface area contributed by atoms with Crippen LogP contribution in [-0.4, -0.2) is 30.1 Å². The van der Waals surface area contributed by atoms with E-state index in [9.17, 15) is 22.4 Å². The van der Waals surface area contributed by atoms with Gasteiger partial charge in [0.15, 0.2) is 0 Å². The summed E-state index contributed by atoms with van der Waals surface area (Å²) in [5.74, 6) is -1.49. The molecule has 3 aromatic heterocycles. The predicted octanol–water partition coefficient (Wildman–Crippen LogP) is 4.27. The molecule has 0 saturated carbocycles. The van der Waals surface area contributed by atoms with Crippen LogP contribution < -0.4 is 10.3 Å². The second-order valence-corrected chi connectivity index (χ2v) is 10.1. The summed E-state index contributed by atoms with van der Waals surface area (Å²) >= 11 is 6.27. The second-order valence-electron chi connectivity index (χ2n) is 7.94. The van der Waals surface area contributed by atoms with Gasteiger partial charge in [0, 0.05) is 22.7 Å². The van der Waals surface area contributed by atoms with Crippen molar-refractivity contribution in [1.82, 2.24) is 14.3 Å². The summed E-state index contributed by atoms with van der Waals surface area (Å²) < 4.78 is 47.7. The molecular weight excluding hydrogens is 497 g/mol. The van der Waals surface area contributed by atoms with Crippen molar-refractivity contribution >= 4 is 49.4 Å². The quantitative estimate of drug-likeness (QED) is 0.364. The molecule has 2 N–H and O–H groups in total. The molecule has 0 bridgehead atoms. The van der Waals surface area contributed by atoms with Gasteiger partial charge < -0.3 is 14.0 Å². The second kappa shape index (κ2) is 8.40. The smallest absolute Gasteiger partial charge is 0.282 e. The van der Waals surface area contributed by atoms with Crippen LogP contribution in [0.25, 0.3) is 33.0 Å². The first-order chi connectivity index (χ1) is 16.7. The average molecular weight is 514 g/mol. The Labute approximate surface area is 203 Å². The van der Waals surface area contributed by atoms with Gasteiger partial charge in [-0.1, -0.05) is 29.8 Å². The Morgan fingerprint density at radius 1 is 1.17 bits per heavy atom. The van der Waals surface area contributed by atoms with Crippen LogP contribution in [0.15, 0.2) is 70.2 Å². The molecule has 0 radical (unpaired) electrons. The lowest BCUT2D eigenvalue weighted by molar-refractivity contribution is 0.0974. The molecule has 0 aliphatic heterocycles. The van der Waals surface area contributed by atoms with E-state index < -0.39 is 27.3 Å². The maximum atomic E-state index is 14.6. The van der Waals surface area contributed by atoms with Crippen LogP contribution in [0.2, 0.25) is 5.02 Å². The summed E-state index contributed by atoms with van der Waals surface area (Å²) in [7, 11) is -3.97. The Morgan fingerprint density at radius 3 is 2.66 bits per heavy atom. The number of aromatic nitrogens is 2. The van der Waals surface area contributed by atoms with Crippen LogP contribution >= 0.6 is 11.6 Å². The number of fused-ring (bicyclic) bond motifs is 3. The molecule has 0 aliphatic rings. The Bertz CT molecular complexity index is 1800. The fraction of sp³-hybridized carbons (Fsp3) is 0.0833. The molecule has 11 heteroatoms. The number of furan rings is 1. The number of hydrogen-bond acceptors (Lipinski definition) is 5. The number of sulfonamides is 1. The Morgan fingerprint density at radius 2 is 1.94 bits per heavy atom. The fourth-order valence-corrected chi connectivity index (χ4v) is 4.82. The zero-order chi connectivity index (χ0) is 24.9. The SMILES string of the molecule is CS(=O)(=O)NC(=O)c1c(-c2ccc[nH]c2=O)c2c3occ(Cl)c3ccc2n1Cc1ccccc1F. The van der Waals surface area contributed by atoms with E-state index in [0.29, 0.717) is 26.9 Å². The third kappa shape index (κ3) is 4.00. The van der Waals surface area contributed by atoms with Crippen molar-refractivity contribution in [3.63, 3.8) is 0 Å². The first kappa shape index (κ1) is 22.9. The number of pyridine rings is 1. The van der Waals surface area contributed by atoms with Gasteiger partial charge in [-0.3, -0.25) is 9.59 Å². The number of carbonyl (C=O) groups is 1. The first-order valence-corrected chi connectivity index (χ1v) is 12.6. The lowest BCUT2D eigenvalue weighted by Crippen LogP contribution is -2.32. The van der Waals surface area contributed by atoms with Crippen molar-refractivity contribution in [3.8, 4) is 11.1 Å². The summed E-state index contributed by atoms with van der Waals surface area (Å²) in [6.07, 6.45) is 3.60. The highest BCUT2D eigenvalue weighted by Crippen LogP contribution is 2.41. The number of nitrogens with one attached hydrogen (secondary N) is 2. The van der Waals surface area contributed by atoms with Gasteiger partial charge in [0.05, 0.1) is 34.3 Å². The standard InChI is InChI=1S/C24H17ClFN3O5S/c1-35(32,33)28-24(31)21-19(15-6-4-10-27-23(15)30)20-18(9-8-14-16(25)12-34-22(14)20)29(21)11-13-5-2-3-7-17(13)26/h2-10,12H,11H2,1H3,(H,27,30)(H,28,31). The molecule has 5 aromatic rings. The Hall–Kier alpha value is -3.89. The van der Waals surface area contributed by atoms with Gasteiger partial charge in [0.2, 0.25) is 10.0 Å². The number of amides is 1. The minimum absolute atomic E-state index is 0.100. The lowest BCUT2D eigenvalue weighted by Gasteiger charge is -2.13. The topological polar surface area (TPSA) is 114 Å². The van der Waals surface area contributed by atoms with Crippen LogP contribution in [0.3, 0.4) is 0 Å². The van der Waals surface area contributed by atoms with E-state index >= 15 is 0 Å². The molecule has 0 atom stereocenters. The maximum Gasteiger partial charge on any atom is 0.282 e. The molecule has 1 amide bonds. The number of rotatable bonds is 5. The van der Waals surface area contributed by atoms with Crippen LogP contribution in [0.1, 0.15) is 16.1 Å². The van der Waals surface area contributed by atoms with Crippen molar-refractivity contribution in [2.45, 2.75) is 6.54 Å².